The van der Waals surface area contributed by atoms with Crippen molar-refractivity contribution < 1.29 is 4.42 Å². The molecule has 0 spiro atoms. The van der Waals surface area contributed by atoms with Crippen LogP contribution in [0.25, 0.3) is 135 Å². The molecule has 0 aliphatic heterocycles. The minimum Gasteiger partial charge on any atom is -0.456 e. The minimum atomic E-state index is 0.914. The van der Waals surface area contributed by atoms with Gasteiger partial charge in [0.15, 0.2) is 0 Å². The first-order valence-electron chi connectivity index (χ1n) is 28.8. The molecule has 8 heterocycles. The van der Waals surface area contributed by atoms with Gasteiger partial charge in [0.25, 0.3) is 0 Å². The zero-order chi connectivity index (χ0) is 58.1. The van der Waals surface area contributed by atoms with Crippen molar-refractivity contribution in [3.63, 3.8) is 0 Å². The number of para-hydroxylation sites is 1. The molecule has 0 amide bonds. The maximum Gasteiger partial charge on any atom is 0.136 e. The Kier molecular flexibility index (Phi) is 14.6. The van der Waals surface area contributed by atoms with Gasteiger partial charge >= 0.3 is 0 Å². The number of pyridine rings is 4. The van der Waals surface area contributed by atoms with Gasteiger partial charge in [-0.1, -0.05) is 121 Å². The highest BCUT2D eigenvalue weighted by Gasteiger charge is 2.16. The maximum atomic E-state index is 5.97. The molecular formula is C78H57N5OS2. The Balaban J connectivity index is 0.000000102. The summed E-state index contributed by atoms with van der Waals surface area (Å²) in [5, 5.41) is 10.4. The lowest BCUT2D eigenvalue weighted by atomic mass is 10.0. The first-order valence-corrected chi connectivity index (χ1v) is 30.4. The zero-order valence-electron chi connectivity index (χ0n) is 47.9. The van der Waals surface area contributed by atoms with Crippen LogP contribution >= 0.6 is 22.7 Å². The van der Waals surface area contributed by atoms with Gasteiger partial charge in [0.1, 0.15) is 11.2 Å². The van der Waals surface area contributed by atoms with Crippen LogP contribution in [-0.2, 0) is 0 Å². The molecule has 0 fully saturated rings. The van der Waals surface area contributed by atoms with Crippen LogP contribution < -0.4 is 0 Å². The molecule has 0 saturated carbocycles. The Morgan fingerprint density at radius 3 is 1.35 bits per heavy atom. The van der Waals surface area contributed by atoms with Crippen LogP contribution in [0, 0.1) is 27.7 Å². The summed E-state index contributed by atoms with van der Waals surface area (Å²) >= 11 is 3.72. The first-order chi connectivity index (χ1) is 42.3. The summed E-state index contributed by atoms with van der Waals surface area (Å²) in [5.41, 5.74) is 19.3. The summed E-state index contributed by atoms with van der Waals surface area (Å²) in [6.07, 6.45) is 7.34. The van der Waals surface area contributed by atoms with Crippen LogP contribution in [0.4, 0.5) is 0 Å². The van der Waals surface area contributed by atoms with Crippen LogP contribution in [-0.4, -0.2) is 24.5 Å². The molecule has 412 valence electrons. The van der Waals surface area contributed by atoms with Crippen LogP contribution in [0.5, 0.6) is 0 Å². The third kappa shape index (κ3) is 10.4. The Morgan fingerprint density at radius 1 is 0.291 bits per heavy atom. The van der Waals surface area contributed by atoms with E-state index in [4.69, 9.17) is 4.42 Å². The van der Waals surface area contributed by atoms with E-state index in [2.05, 4.69) is 234 Å². The zero-order valence-corrected chi connectivity index (χ0v) is 49.6. The Morgan fingerprint density at radius 2 is 0.756 bits per heavy atom. The standard InChI is InChI=1S/C24H18N2.C18H13NO.2C18H13NS/c1-17-8-7-12-23-24(17)20-16-18(21-11-5-6-15-25-21)13-14-22(20)26(23)19-9-3-2-4-10-19;1-12-5-4-7-16-18(12)14-9-8-13(11-17(14)20-16)15-6-2-3-10-19-15;1-12-5-4-7-17-18(12)14-11-13(8-9-16(14)20-17)15-6-2-3-10-19-15;1-12-5-4-7-16-18(12)14-9-8-13(11-17(14)20-16)15-6-2-3-10-19-15/h2-16H,1H3;3*2-11H,1H3. The highest BCUT2D eigenvalue weighted by Crippen LogP contribution is 2.41. The number of hydrogen-bond donors (Lipinski definition) is 0. The van der Waals surface area contributed by atoms with Crippen molar-refractivity contribution in [3.8, 4) is 50.7 Å². The number of furan rings is 1. The Hall–Kier alpha value is -10.4. The molecule has 0 atom stereocenters. The quantitative estimate of drug-likeness (QED) is 0.172. The molecule has 0 unspecified atom stereocenters. The lowest BCUT2D eigenvalue weighted by Crippen LogP contribution is -1.93. The van der Waals surface area contributed by atoms with Crippen LogP contribution in [0.1, 0.15) is 22.3 Å². The summed E-state index contributed by atoms with van der Waals surface area (Å²) in [6.45, 7) is 8.66. The molecule has 17 rings (SSSR count). The van der Waals surface area contributed by atoms with Crippen molar-refractivity contribution in [2.24, 2.45) is 0 Å². The molecule has 0 saturated heterocycles. The van der Waals surface area contributed by atoms with Gasteiger partial charge in [-0.15, -0.1) is 22.7 Å². The molecular weight excluding hydrogens is 1090 g/mol. The number of aryl methyl sites for hydroxylation is 4. The SMILES string of the molecule is Cc1cccc2c1c1cc(-c3ccccn3)ccc1n2-c1ccccc1.Cc1cccc2oc3cc(-c4ccccn4)ccc3c12.Cc1cccc2sc3cc(-c4ccccn4)ccc3c12.Cc1cccc2sc3ccc(-c4ccccn4)cc3c12. The molecule has 0 aliphatic carbocycles. The second-order valence-corrected chi connectivity index (χ2v) is 23.7. The second-order valence-electron chi connectivity index (χ2n) is 21.5. The van der Waals surface area contributed by atoms with Gasteiger partial charge in [-0.3, -0.25) is 19.9 Å². The predicted octanol–water partition coefficient (Wildman–Crippen LogP) is 22.0. The van der Waals surface area contributed by atoms with Gasteiger partial charge in [-0.2, -0.15) is 0 Å². The highest BCUT2D eigenvalue weighted by molar-refractivity contribution is 7.26. The van der Waals surface area contributed by atoms with E-state index in [0.29, 0.717) is 0 Å². The average Bonchev–Trinajstić information content (AvgIpc) is 3.27. The molecule has 6 nitrogen and oxygen atoms in total. The second kappa shape index (κ2) is 23.3. The molecule has 8 heteroatoms. The van der Waals surface area contributed by atoms with Crippen molar-refractivity contribution in [1.29, 1.82) is 0 Å². The van der Waals surface area contributed by atoms with E-state index in [9.17, 15) is 0 Å². The van der Waals surface area contributed by atoms with Crippen molar-refractivity contribution in [1.82, 2.24) is 24.5 Å². The third-order valence-electron chi connectivity index (χ3n) is 16.0. The fourth-order valence-electron chi connectivity index (χ4n) is 11.9. The number of benzene rings is 9. The van der Waals surface area contributed by atoms with Gasteiger partial charge in [0.05, 0.1) is 33.8 Å². The van der Waals surface area contributed by atoms with E-state index < -0.39 is 0 Å². The Labute approximate surface area is 506 Å². The van der Waals surface area contributed by atoms with Crippen molar-refractivity contribution in [2.75, 3.05) is 0 Å². The number of thiophene rings is 2. The van der Waals surface area contributed by atoms with E-state index in [-0.39, 0.29) is 0 Å². The van der Waals surface area contributed by atoms with Crippen molar-refractivity contribution in [2.45, 2.75) is 27.7 Å². The molecule has 0 N–H and O–H groups in total. The lowest BCUT2D eigenvalue weighted by Gasteiger charge is -2.08. The number of nitrogens with zero attached hydrogens (tertiary/aromatic N) is 5. The first kappa shape index (κ1) is 53.6. The number of rotatable bonds is 5. The smallest absolute Gasteiger partial charge is 0.136 e. The summed E-state index contributed by atoms with van der Waals surface area (Å²) in [4.78, 5) is 17.8. The summed E-state index contributed by atoms with van der Waals surface area (Å²) < 4.78 is 13.7. The number of aromatic nitrogens is 5. The van der Waals surface area contributed by atoms with Gasteiger partial charge < -0.3 is 8.98 Å². The monoisotopic (exact) mass is 1140 g/mol. The van der Waals surface area contributed by atoms with E-state index >= 15 is 0 Å². The van der Waals surface area contributed by atoms with E-state index in [0.717, 1.165) is 50.5 Å². The molecule has 0 aliphatic rings. The van der Waals surface area contributed by atoms with Crippen molar-refractivity contribution >= 4 is 107 Å². The van der Waals surface area contributed by atoms with Gasteiger partial charge in [0, 0.05) is 115 Å². The van der Waals surface area contributed by atoms with Crippen molar-refractivity contribution in [3.05, 3.63) is 296 Å². The van der Waals surface area contributed by atoms with Gasteiger partial charge in [0.2, 0.25) is 0 Å². The van der Waals surface area contributed by atoms with E-state index in [1.165, 1.54) is 107 Å². The fraction of sp³-hybridized carbons (Fsp3) is 0.0513. The molecule has 9 aromatic carbocycles. The number of fused-ring (bicyclic) bond motifs is 12. The van der Waals surface area contributed by atoms with Crippen LogP contribution in [0.3, 0.4) is 0 Å². The largest absolute Gasteiger partial charge is 0.456 e. The molecule has 8 aromatic heterocycles. The minimum absolute atomic E-state index is 0.914. The normalized spacial score (nSPS) is 11.3. The van der Waals surface area contributed by atoms with E-state index in [1.54, 1.807) is 0 Å². The third-order valence-corrected chi connectivity index (χ3v) is 18.2. The maximum absolute atomic E-state index is 5.97. The number of hydrogen-bond acceptors (Lipinski definition) is 7. The highest BCUT2D eigenvalue weighted by atomic mass is 32.1. The van der Waals surface area contributed by atoms with E-state index in [1.807, 2.05) is 114 Å². The predicted molar refractivity (Wildman–Crippen MR) is 365 cm³/mol. The summed E-state index contributed by atoms with van der Waals surface area (Å²) in [6, 6.07) is 86.5. The lowest BCUT2D eigenvalue weighted by molar-refractivity contribution is 0.669. The van der Waals surface area contributed by atoms with Gasteiger partial charge in [-0.25, -0.2) is 0 Å². The fourth-order valence-corrected chi connectivity index (χ4v) is 14.3. The molecule has 17 aromatic rings. The van der Waals surface area contributed by atoms with Crippen LogP contribution in [0.2, 0.25) is 0 Å². The molecule has 86 heavy (non-hydrogen) atoms. The average molecular weight is 1140 g/mol. The summed E-state index contributed by atoms with van der Waals surface area (Å²) in [5.74, 6) is 0. The van der Waals surface area contributed by atoms with Crippen LogP contribution in [0.15, 0.2) is 278 Å². The molecule has 0 radical (unpaired) electrons. The summed E-state index contributed by atoms with van der Waals surface area (Å²) in [7, 11) is 0. The molecule has 0 bridgehead atoms. The van der Waals surface area contributed by atoms with Gasteiger partial charge in [-0.05, 0) is 177 Å². The Bertz CT molecular complexity index is 5100. The topological polar surface area (TPSA) is 69.6 Å².